The molecule has 6 nitrogen and oxygen atoms in total. The lowest BCUT2D eigenvalue weighted by Gasteiger charge is -2.37. The van der Waals surface area contributed by atoms with Crippen LogP contribution in [0.4, 0.5) is 4.79 Å². The number of carbonyl (C=O) groups excluding carboxylic acids is 1. The minimum Gasteiger partial charge on any atom is -0.481 e. The third-order valence-corrected chi connectivity index (χ3v) is 4.73. The largest absolute Gasteiger partial charge is 0.481 e. The highest BCUT2D eigenvalue weighted by atomic mass is 16.5. The van der Waals surface area contributed by atoms with Gasteiger partial charge in [0, 0.05) is 13.2 Å². The van der Waals surface area contributed by atoms with Gasteiger partial charge < -0.3 is 20.5 Å². The number of hydrogen-bond acceptors (Lipinski definition) is 3. The summed E-state index contributed by atoms with van der Waals surface area (Å²) in [7, 11) is 1.69. The molecular formula is C15H26N2O4. The van der Waals surface area contributed by atoms with E-state index in [-0.39, 0.29) is 24.6 Å². The minimum atomic E-state index is -0.850. The molecule has 6 heteroatoms. The summed E-state index contributed by atoms with van der Waals surface area (Å²) in [6.45, 7) is 0. The quantitative estimate of drug-likeness (QED) is 0.724. The Balaban J connectivity index is 1.87. The van der Waals surface area contributed by atoms with E-state index in [2.05, 4.69) is 10.6 Å². The monoisotopic (exact) mass is 298 g/mol. The molecule has 0 bridgehead atoms. The SMILES string of the molecule is COC1CCC(NC(=O)NC2(CC(=O)O)CCCCC2)C1. The van der Waals surface area contributed by atoms with Crippen molar-refractivity contribution in [2.24, 2.45) is 0 Å². The maximum atomic E-state index is 12.2. The van der Waals surface area contributed by atoms with E-state index in [0.29, 0.717) is 0 Å². The van der Waals surface area contributed by atoms with Gasteiger partial charge in [-0.15, -0.1) is 0 Å². The third-order valence-electron chi connectivity index (χ3n) is 4.73. The number of carbonyl (C=O) groups is 2. The molecule has 2 saturated carbocycles. The molecule has 0 aromatic carbocycles. The van der Waals surface area contributed by atoms with Gasteiger partial charge in [0.05, 0.1) is 18.1 Å². The van der Waals surface area contributed by atoms with Gasteiger partial charge in [-0.2, -0.15) is 0 Å². The third kappa shape index (κ3) is 4.59. The highest BCUT2D eigenvalue weighted by Gasteiger charge is 2.36. The first-order valence-electron chi connectivity index (χ1n) is 7.86. The van der Waals surface area contributed by atoms with Crippen LogP contribution in [0.25, 0.3) is 0 Å². The molecule has 2 atom stereocenters. The van der Waals surface area contributed by atoms with E-state index in [1.165, 1.54) is 0 Å². The zero-order chi connectivity index (χ0) is 15.3. The first-order valence-corrected chi connectivity index (χ1v) is 7.86. The van der Waals surface area contributed by atoms with E-state index in [9.17, 15) is 9.59 Å². The summed E-state index contributed by atoms with van der Waals surface area (Å²) < 4.78 is 5.30. The number of carboxylic acids is 1. The summed E-state index contributed by atoms with van der Waals surface area (Å²) in [6.07, 6.45) is 7.49. The van der Waals surface area contributed by atoms with Crippen molar-refractivity contribution < 1.29 is 19.4 Å². The van der Waals surface area contributed by atoms with Crippen molar-refractivity contribution in [3.63, 3.8) is 0 Å². The van der Waals surface area contributed by atoms with E-state index in [1.807, 2.05) is 0 Å². The second kappa shape index (κ2) is 7.11. The van der Waals surface area contributed by atoms with Crippen LogP contribution in [0.2, 0.25) is 0 Å². The van der Waals surface area contributed by atoms with Crippen molar-refractivity contribution in [3.05, 3.63) is 0 Å². The van der Waals surface area contributed by atoms with Crippen molar-refractivity contribution in [3.8, 4) is 0 Å². The molecule has 2 fully saturated rings. The zero-order valence-electron chi connectivity index (χ0n) is 12.7. The molecule has 21 heavy (non-hydrogen) atoms. The molecule has 2 aliphatic rings. The predicted molar refractivity (Wildman–Crippen MR) is 78.2 cm³/mol. The van der Waals surface area contributed by atoms with Crippen molar-refractivity contribution >= 4 is 12.0 Å². The Morgan fingerprint density at radius 3 is 2.52 bits per heavy atom. The van der Waals surface area contributed by atoms with Gasteiger partial charge in [-0.1, -0.05) is 19.3 Å². The Morgan fingerprint density at radius 2 is 1.95 bits per heavy atom. The number of aliphatic carboxylic acids is 1. The van der Waals surface area contributed by atoms with Crippen LogP contribution in [-0.2, 0) is 9.53 Å². The fourth-order valence-corrected chi connectivity index (χ4v) is 3.61. The summed E-state index contributed by atoms with van der Waals surface area (Å²) in [6, 6.07) is -0.111. The maximum absolute atomic E-state index is 12.2. The second-order valence-corrected chi connectivity index (χ2v) is 6.38. The fourth-order valence-electron chi connectivity index (χ4n) is 3.61. The predicted octanol–water partition coefficient (Wildman–Crippen LogP) is 2.03. The molecular weight excluding hydrogens is 272 g/mol. The van der Waals surface area contributed by atoms with Gasteiger partial charge in [0.2, 0.25) is 0 Å². The molecule has 0 radical (unpaired) electrons. The van der Waals surface area contributed by atoms with Crippen molar-refractivity contribution in [1.29, 1.82) is 0 Å². The average Bonchev–Trinajstić information content (AvgIpc) is 2.86. The minimum absolute atomic E-state index is 0.00574. The van der Waals surface area contributed by atoms with Crippen LogP contribution in [0.3, 0.4) is 0 Å². The number of amides is 2. The van der Waals surface area contributed by atoms with Crippen molar-refractivity contribution in [1.82, 2.24) is 10.6 Å². The van der Waals surface area contributed by atoms with Crippen LogP contribution < -0.4 is 10.6 Å². The molecule has 2 amide bonds. The van der Waals surface area contributed by atoms with Gasteiger partial charge in [0.1, 0.15) is 0 Å². The number of ether oxygens (including phenoxy) is 1. The summed E-state index contributed by atoms with van der Waals surface area (Å²) in [5.41, 5.74) is -0.576. The Hall–Kier alpha value is -1.30. The molecule has 0 aromatic rings. The highest BCUT2D eigenvalue weighted by Crippen LogP contribution is 2.31. The van der Waals surface area contributed by atoms with E-state index in [4.69, 9.17) is 9.84 Å². The number of rotatable bonds is 5. The number of hydrogen-bond donors (Lipinski definition) is 3. The van der Waals surface area contributed by atoms with Gasteiger partial charge in [-0.05, 0) is 32.1 Å². The van der Waals surface area contributed by atoms with Gasteiger partial charge in [-0.25, -0.2) is 4.79 Å². The number of urea groups is 1. The molecule has 0 aliphatic heterocycles. The molecule has 0 saturated heterocycles. The first kappa shape index (κ1) is 16.1. The molecule has 3 N–H and O–H groups in total. The van der Waals surface area contributed by atoms with E-state index >= 15 is 0 Å². The standard InChI is InChI=1S/C15H26N2O4/c1-21-12-6-5-11(9-12)16-14(20)17-15(10-13(18)19)7-3-2-4-8-15/h11-12H,2-10H2,1H3,(H,18,19)(H2,16,17,20). The van der Waals surface area contributed by atoms with E-state index in [1.54, 1.807) is 7.11 Å². The molecule has 120 valence electrons. The Kier molecular flexibility index (Phi) is 5.45. The number of carboxylic acid groups (broad SMARTS) is 1. The molecule has 2 aliphatic carbocycles. The number of nitrogens with one attached hydrogen (secondary N) is 2. The lowest BCUT2D eigenvalue weighted by Crippen LogP contribution is -2.55. The smallest absolute Gasteiger partial charge is 0.315 e. The van der Waals surface area contributed by atoms with Crippen LogP contribution in [0, 0.1) is 0 Å². The summed E-state index contributed by atoms with van der Waals surface area (Å²) in [5.74, 6) is -0.850. The summed E-state index contributed by atoms with van der Waals surface area (Å²) >= 11 is 0. The number of methoxy groups -OCH3 is 1. The van der Waals surface area contributed by atoms with Gasteiger partial charge in [-0.3, -0.25) is 4.79 Å². The van der Waals surface area contributed by atoms with E-state index in [0.717, 1.165) is 51.4 Å². The Labute approximate surface area is 125 Å². The van der Waals surface area contributed by atoms with Crippen LogP contribution in [0.1, 0.15) is 57.8 Å². The van der Waals surface area contributed by atoms with Crippen LogP contribution in [0.5, 0.6) is 0 Å². The lowest BCUT2D eigenvalue weighted by atomic mass is 9.79. The van der Waals surface area contributed by atoms with Gasteiger partial charge in [0.15, 0.2) is 0 Å². The average molecular weight is 298 g/mol. The Morgan fingerprint density at radius 1 is 1.24 bits per heavy atom. The first-order chi connectivity index (χ1) is 10.0. The van der Waals surface area contributed by atoms with Gasteiger partial charge in [0.25, 0.3) is 0 Å². The second-order valence-electron chi connectivity index (χ2n) is 6.38. The lowest BCUT2D eigenvalue weighted by molar-refractivity contribution is -0.139. The Bertz CT molecular complexity index is 380. The maximum Gasteiger partial charge on any atom is 0.315 e. The van der Waals surface area contributed by atoms with Gasteiger partial charge >= 0.3 is 12.0 Å². The molecule has 2 unspecified atom stereocenters. The highest BCUT2D eigenvalue weighted by molar-refractivity contribution is 5.77. The van der Waals surface area contributed by atoms with Crippen molar-refractivity contribution in [2.75, 3.05) is 7.11 Å². The van der Waals surface area contributed by atoms with E-state index < -0.39 is 11.5 Å². The molecule has 0 spiro atoms. The zero-order valence-corrected chi connectivity index (χ0v) is 12.7. The van der Waals surface area contributed by atoms with Crippen LogP contribution in [-0.4, -0.2) is 41.9 Å². The van der Waals surface area contributed by atoms with Crippen LogP contribution in [0.15, 0.2) is 0 Å². The van der Waals surface area contributed by atoms with Crippen LogP contribution >= 0.6 is 0 Å². The summed E-state index contributed by atoms with van der Waals surface area (Å²) in [4.78, 5) is 23.3. The summed E-state index contributed by atoms with van der Waals surface area (Å²) in [5, 5.41) is 15.0. The normalized spacial score (nSPS) is 28.0. The fraction of sp³-hybridized carbons (Fsp3) is 0.867. The topological polar surface area (TPSA) is 87.7 Å². The molecule has 2 rings (SSSR count). The molecule has 0 aromatic heterocycles. The van der Waals surface area contributed by atoms with Crippen molar-refractivity contribution in [2.45, 2.75) is 75.5 Å². The molecule has 0 heterocycles.